The monoisotopic (exact) mass is 500 g/mol. The molecule has 2 atom stereocenters. The highest BCUT2D eigenvalue weighted by molar-refractivity contribution is 5.59. The van der Waals surface area contributed by atoms with Crippen molar-refractivity contribution >= 4 is 0 Å². The fourth-order valence-corrected chi connectivity index (χ4v) is 7.91. The Morgan fingerprint density at radius 3 is 1.92 bits per heavy atom. The number of benzene rings is 1. The van der Waals surface area contributed by atoms with Crippen molar-refractivity contribution in [3.05, 3.63) is 59.6 Å². The maximum atomic E-state index is 4.87. The molecule has 198 valence electrons. The van der Waals surface area contributed by atoms with Crippen LogP contribution in [0.3, 0.4) is 0 Å². The number of aromatic nitrogens is 4. The third-order valence-electron chi connectivity index (χ3n) is 10.1. The summed E-state index contributed by atoms with van der Waals surface area (Å²) in [6.45, 7) is 6.35. The topological polar surface area (TPSA) is 63.8 Å². The second kappa shape index (κ2) is 9.70. The molecule has 2 aliphatic carbocycles. The summed E-state index contributed by atoms with van der Waals surface area (Å²) in [6, 6.07) is 10.3. The van der Waals surface area contributed by atoms with Crippen molar-refractivity contribution in [3.63, 3.8) is 0 Å². The van der Waals surface area contributed by atoms with E-state index in [-0.39, 0.29) is 5.41 Å². The summed E-state index contributed by atoms with van der Waals surface area (Å²) in [5, 5.41) is 0. The number of H-pyrrole nitrogens is 2. The predicted octanol–water partition coefficient (Wildman–Crippen LogP) is 6.51. The molecule has 2 saturated heterocycles. The number of hydrogen-bond acceptors (Lipinski definition) is 4. The summed E-state index contributed by atoms with van der Waals surface area (Å²) in [4.78, 5) is 21.9. The number of rotatable bonds is 5. The molecule has 7 rings (SSSR count). The molecule has 3 aromatic rings. The summed E-state index contributed by atoms with van der Waals surface area (Å²) in [5.41, 5.74) is 5.90. The van der Waals surface area contributed by atoms with E-state index in [1.54, 1.807) is 0 Å². The molecule has 2 saturated carbocycles. The summed E-state index contributed by atoms with van der Waals surface area (Å²) in [5.74, 6) is 2.30. The van der Waals surface area contributed by atoms with Crippen molar-refractivity contribution in [2.45, 2.75) is 94.5 Å². The van der Waals surface area contributed by atoms with Crippen LogP contribution in [-0.2, 0) is 10.8 Å². The van der Waals surface area contributed by atoms with Crippen LogP contribution >= 0.6 is 0 Å². The molecule has 4 heterocycles. The van der Waals surface area contributed by atoms with Crippen LogP contribution in [0.1, 0.15) is 107 Å². The van der Waals surface area contributed by atoms with Gasteiger partial charge in [-0.05, 0) is 102 Å². The van der Waals surface area contributed by atoms with E-state index < -0.39 is 0 Å². The number of fused-ring (bicyclic) bond motifs is 2. The van der Waals surface area contributed by atoms with Crippen LogP contribution in [0.2, 0.25) is 0 Å². The Morgan fingerprint density at radius 2 is 1.32 bits per heavy atom. The average molecular weight is 501 g/mol. The number of likely N-dealkylation sites (tertiary alicyclic amines) is 2. The molecule has 2 N–H and O–H groups in total. The molecule has 2 unspecified atom stereocenters. The molecule has 0 radical (unpaired) electrons. The van der Waals surface area contributed by atoms with E-state index >= 15 is 0 Å². The minimum Gasteiger partial charge on any atom is -0.344 e. The normalized spacial score (nSPS) is 31.7. The smallest absolute Gasteiger partial charge is 0.123 e. The molecule has 2 aromatic heterocycles. The fourth-order valence-electron chi connectivity index (χ4n) is 7.91. The molecule has 2 bridgehead atoms. The third kappa shape index (κ3) is 4.17. The van der Waals surface area contributed by atoms with Gasteiger partial charge in [0.2, 0.25) is 0 Å². The molecule has 37 heavy (non-hydrogen) atoms. The van der Waals surface area contributed by atoms with E-state index in [1.807, 2.05) is 20.0 Å². The maximum Gasteiger partial charge on any atom is 0.123 e. The first-order valence-electron chi connectivity index (χ1n) is 14.7. The van der Waals surface area contributed by atoms with Crippen LogP contribution in [0.5, 0.6) is 0 Å². The van der Waals surface area contributed by atoms with Gasteiger partial charge < -0.3 is 9.97 Å². The van der Waals surface area contributed by atoms with Gasteiger partial charge in [0.1, 0.15) is 11.6 Å². The third-order valence-corrected chi connectivity index (χ3v) is 10.1. The lowest BCUT2D eigenvalue weighted by Crippen LogP contribution is -2.21. The quantitative estimate of drug-likeness (QED) is 0.419. The number of imidazole rings is 2. The standard InChI is InChI=1S/C29H38N6.C2H6/c1-34-15-3-5-23(34)26-30-17-22(32-26)20-7-9-21(10-8-20)28-11-13-29(19-28,14-12-28)25-18-31-27(33-25)24-6-4-16-35(24)2;1-2/h7-10,17-18,23-24H,3-6,11-16,19H2,1-2H3,(H,30,32)(H,31,33);1-2H3. The molecule has 0 amide bonds. The predicted molar refractivity (Wildman–Crippen MR) is 150 cm³/mol. The van der Waals surface area contributed by atoms with Gasteiger partial charge in [0, 0.05) is 17.3 Å². The minimum absolute atomic E-state index is 0.284. The second-order valence-electron chi connectivity index (χ2n) is 12.0. The molecule has 4 fully saturated rings. The maximum absolute atomic E-state index is 4.87. The zero-order valence-corrected chi connectivity index (χ0v) is 23.2. The molecule has 0 spiro atoms. The Kier molecular flexibility index (Phi) is 6.52. The van der Waals surface area contributed by atoms with Crippen molar-refractivity contribution in [1.82, 2.24) is 29.7 Å². The molecular weight excluding hydrogens is 456 g/mol. The largest absolute Gasteiger partial charge is 0.344 e. The van der Waals surface area contributed by atoms with Crippen molar-refractivity contribution in [2.24, 2.45) is 0 Å². The lowest BCUT2D eigenvalue weighted by Gasteiger charge is -2.28. The van der Waals surface area contributed by atoms with Crippen LogP contribution < -0.4 is 0 Å². The van der Waals surface area contributed by atoms with Crippen molar-refractivity contribution in [3.8, 4) is 11.3 Å². The Balaban J connectivity index is 0.00000123. The molecule has 6 heteroatoms. The summed E-state index contributed by atoms with van der Waals surface area (Å²) >= 11 is 0. The van der Waals surface area contributed by atoms with Crippen LogP contribution in [0.4, 0.5) is 0 Å². The average Bonchev–Trinajstić information content (AvgIpc) is 3.76. The van der Waals surface area contributed by atoms with Crippen LogP contribution in [0.25, 0.3) is 11.3 Å². The van der Waals surface area contributed by atoms with Gasteiger partial charge in [0.05, 0.1) is 24.0 Å². The first-order valence-corrected chi connectivity index (χ1v) is 14.7. The first kappa shape index (κ1) is 24.9. The first-order chi connectivity index (χ1) is 18.1. The second-order valence-corrected chi connectivity index (χ2v) is 12.0. The summed E-state index contributed by atoms with van der Waals surface area (Å²) < 4.78 is 0. The van der Waals surface area contributed by atoms with Crippen LogP contribution in [0, 0.1) is 0 Å². The van der Waals surface area contributed by atoms with Crippen molar-refractivity contribution in [2.75, 3.05) is 27.2 Å². The molecule has 2 aliphatic heterocycles. The molecule has 4 aliphatic rings. The van der Waals surface area contributed by atoms with Gasteiger partial charge in [0.25, 0.3) is 0 Å². The SMILES string of the molecule is CC.CN1CCCC1c1ncc(-c2ccc(C34CCC(c5cnc(C6CCCN6C)[nH]5)(CC3)C4)cc2)[nH]1. The van der Waals surface area contributed by atoms with Crippen molar-refractivity contribution < 1.29 is 0 Å². The number of hydrogen-bond donors (Lipinski definition) is 2. The number of aromatic amines is 2. The Labute approximate surface area is 222 Å². The van der Waals surface area contributed by atoms with E-state index in [1.165, 1.54) is 87.0 Å². The Hall–Kier alpha value is -2.44. The number of nitrogens with one attached hydrogen (secondary N) is 2. The molecule has 6 nitrogen and oxygen atoms in total. The van der Waals surface area contributed by atoms with Gasteiger partial charge in [-0.1, -0.05) is 38.1 Å². The van der Waals surface area contributed by atoms with E-state index in [0.717, 1.165) is 18.1 Å². The van der Waals surface area contributed by atoms with Gasteiger partial charge in [-0.2, -0.15) is 0 Å². The zero-order chi connectivity index (χ0) is 25.6. The Bertz CT molecular complexity index is 1200. The van der Waals surface area contributed by atoms with E-state index in [9.17, 15) is 0 Å². The van der Waals surface area contributed by atoms with Gasteiger partial charge in [0.15, 0.2) is 0 Å². The van der Waals surface area contributed by atoms with E-state index in [0.29, 0.717) is 17.5 Å². The van der Waals surface area contributed by atoms with Gasteiger partial charge in [-0.25, -0.2) is 9.97 Å². The number of nitrogens with zero attached hydrogens (tertiary/aromatic N) is 4. The summed E-state index contributed by atoms with van der Waals surface area (Å²) in [7, 11) is 4.43. The van der Waals surface area contributed by atoms with Gasteiger partial charge in [-0.15, -0.1) is 0 Å². The lowest BCUT2D eigenvalue weighted by molar-refractivity contribution is 0.306. The zero-order valence-electron chi connectivity index (χ0n) is 23.2. The van der Waals surface area contributed by atoms with Gasteiger partial charge in [-0.3, -0.25) is 9.80 Å². The molecule has 1 aromatic carbocycles. The van der Waals surface area contributed by atoms with Gasteiger partial charge >= 0.3 is 0 Å². The summed E-state index contributed by atoms with van der Waals surface area (Å²) in [6.07, 6.45) is 15.5. The fraction of sp³-hybridized carbons (Fsp3) is 0.613. The lowest BCUT2D eigenvalue weighted by atomic mass is 9.77. The van der Waals surface area contributed by atoms with Crippen LogP contribution in [0.15, 0.2) is 36.7 Å². The van der Waals surface area contributed by atoms with E-state index in [2.05, 4.69) is 64.3 Å². The minimum atomic E-state index is 0.284. The Morgan fingerprint density at radius 1 is 0.757 bits per heavy atom. The molecular formula is C31H44N6. The van der Waals surface area contributed by atoms with Crippen LogP contribution in [-0.4, -0.2) is 56.9 Å². The highest BCUT2D eigenvalue weighted by Crippen LogP contribution is 2.62. The van der Waals surface area contributed by atoms with E-state index in [4.69, 9.17) is 9.97 Å². The van der Waals surface area contributed by atoms with Crippen molar-refractivity contribution in [1.29, 1.82) is 0 Å². The highest BCUT2D eigenvalue weighted by atomic mass is 15.2. The highest BCUT2D eigenvalue weighted by Gasteiger charge is 2.56.